The maximum absolute atomic E-state index is 12.7. The van der Waals surface area contributed by atoms with E-state index in [1.54, 1.807) is 6.07 Å². The lowest BCUT2D eigenvalue weighted by atomic mass is 9.85. The number of ether oxygens (including phenoxy) is 2. The summed E-state index contributed by atoms with van der Waals surface area (Å²) < 4.78 is 11.5. The number of benzene rings is 1. The van der Waals surface area contributed by atoms with Crippen molar-refractivity contribution in [1.29, 1.82) is 0 Å². The number of hydrazone groups is 1. The summed E-state index contributed by atoms with van der Waals surface area (Å²) >= 11 is 6.75. The van der Waals surface area contributed by atoms with Crippen molar-refractivity contribution in [1.82, 2.24) is 5.01 Å². The van der Waals surface area contributed by atoms with E-state index < -0.39 is 12.6 Å². The highest BCUT2D eigenvalue weighted by atomic mass is 79.9. The third-order valence-corrected chi connectivity index (χ3v) is 7.62. The molecule has 2 fully saturated rings. The molecule has 8 nitrogen and oxygen atoms in total. The Morgan fingerprint density at radius 2 is 1.86 bits per heavy atom. The smallest absolute Gasteiger partial charge is 0.341 e. The Hall–Kier alpha value is -2.20. The van der Waals surface area contributed by atoms with Crippen LogP contribution in [-0.2, 0) is 14.4 Å². The van der Waals surface area contributed by atoms with Crippen LogP contribution in [0, 0.1) is 23.7 Å². The van der Waals surface area contributed by atoms with Crippen molar-refractivity contribution in [3.8, 4) is 11.5 Å². The van der Waals surface area contributed by atoms with Crippen molar-refractivity contribution in [2.24, 2.45) is 28.8 Å². The van der Waals surface area contributed by atoms with Gasteiger partial charge in [0.1, 0.15) is 0 Å². The van der Waals surface area contributed by atoms with Crippen LogP contribution in [0.15, 0.2) is 32.3 Å². The lowest BCUT2D eigenvalue weighted by Gasteiger charge is -2.15. The first kappa shape index (κ1) is 20.1. The van der Waals surface area contributed by atoms with E-state index in [9.17, 15) is 14.4 Å². The average Bonchev–Trinajstić information content (AvgIpc) is 3.36. The number of carboxylic acids is 1. The summed E-state index contributed by atoms with van der Waals surface area (Å²) in [5.41, 5.74) is 0.523. The van der Waals surface area contributed by atoms with Gasteiger partial charge in [-0.2, -0.15) is 10.1 Å². The summed E-state index contributed by atoms with van der Waals surface area (Å²) in [7, 11) is 1.42. The highest BCUT2D eigenvalue weighted by Crippen LogP contribution is 2.52. The van der Waals surface area contributed by atoms with Crippen LogP contribution >= 0.6 is 31.9 Å². The van der Waals surface area contributed by atoms with Gasteiger partial charge in [0.2, 0.25) is 0 Å². The summed E-state index contributed by atoms with van der Waals surface area (Å²) in [6, 6.07) is 1.58. The zero-order chi connectivity index (χ0) is 20.9. The molecule has 1 saturated heterocycles. The number of amides is 2. The number of rotatable bonds is 6. The van der Waals surface area contributed by atoms with Crippen molar-refractivity contribution < 1.29 is 29.0 Å². The van der Waals surface area contributed by atoms with Crippen LogP contribution in [0.2, 0.25) is 0 Å². The average molecular weight is 528 g/mol. The van der Waals surface area contributed by atoms with Crippen molar-refractivity contribution in [2.45, 2.75) is 6.42 Å². The number of nitrogens with zero attached hydrogens (tertiary/aromatic N) is 2. The first-order chi connectivity index (χ1) is 13.8. The molecule has 1 aromatic rings. The molecule has 2 bridgehead atoms. The van der Waals surface area contributed by atoms with Gasteiger partial charge >= 0.3 is 5.97 Å². The molecule has 29 heavy (non-hydrogen) atoms. The molecule has 1 heterocycles. The molecule has 0 radical (unpaired) electrons. The van der Waals surface area contributed by atoms with E-state index in [0.717, 1.165) is 11.4 Å². The lowest BCUT2D eigenvalue weighted by molar-refractivity contribution is -0.141. The topological polar surface area (TPSA) is 106 Å². The summed E-state index contributed by atoms with van der Waals surface area (Å²) in [4.78, 5) is 36.2. The van der Waals surface area contributed by atoms with Gasteiger partial charge in [0.05, 0.1) is 29.6 Å². The molecule has 0 spiro atoms. The van der Waals surface area contributed by atoms with E-state index in [-0.39, 0.29) is 47.0 Å². The van der Waals surface area contributed by atoms with Crippen LogP contribution in [0.1, 0.15) is 12.0 Å². The molecule has 1 aromatic carbocycles. The number of hydrogen-bond acceptors (Lipinski definition) is 6. The molecule has 4 rings (SSSR count). The Balaban J connectivity index is 1.60. The fourth-order valence-corrected chi connectivity index (χ4v) is 5.17. The van der Waals surface area contributed by atoms with Gasteiger partial charge in [-0.15, -0.1) is 0 Å². The second-order valence-electron chi connectivity index (χ2n) is 7.04. The van der Waals surface area contributed by atoms with E-state index >= 15 is 0 Å². The van der Waals surface area contributed by atoms with E-state index in [1.807, 2.05) is 12.2 Å². The minimum atomic E-state index is -1.12. The minimum absolute atomic E-state index is 0.119. The molecule has 0 aromatic heterocycles. The number of hydrogen-bond donors (Lipinski definition) is 1. The maximum Gasteiger partial charge on any atom is 0.341 e. The highest BCUT2D eigenvalue weighted by molar-refractivity contribution is 9.13. The van der Waals surface area contributed by atoms with E-state index in [0.29, 0.717) is 14.5 Å². The SMILES string of the molecule is COc1cc(C=NN2C(=O)[C@@H]3[C@H](C2=O)[C@H]2C=C[C@H]3C2)c(Br)c(Br)c1OCC(=O)O. The van der Waals surface area contributed by atoms with Gasteiger partial charge in [-0.3, -0.25) is 9.59 Å². The minimum Gasteiger partial charge on any atom is -0.493 e. The Morgan fingerprint density at radius 3 is 2.41 bits per heavy atom. The number of allylic oxidation sites excluding steroid dienone is 2. The van der Waals surface area contributed by atoms with Crippen LogP contribution < -0.4 is 9.47 Å². The number of halogens is 2. The number of fused-ring (bicyclic) bond motifs is 5. The monoisotopic (exact) mass is 526 g/mol. The van der Waals surface area contributed by atoms with Crippen LogP contribution in [0.3, 0.4) is 0 Å². The first-order valence-electron chi connectivity index (χ1n) is 8.84. The van der Waals surface area contributed by atoms with Gasteiger partial charge in [0.25, 0.3) is 11.8 Å². The molecule has 0 unspecified atom stereocenters. The van der Waals surface area contributed by atoms with Gasteiger partial charge in [-0.05, 0) is 56.2 Å². The van der Waals surface area contributed by atoms with Gasteiger partial charge in [0.15, 0.2) is 18.1 Å². The van der Waals surface area contributed by atoms with Crippen molar-refractivity contribution in [2.75, 3.05) is 13.7 Å². The summed E-state index contributed by atoms with van der Waals surface area (Å²) in [6.45, 7) is -0.537. The fourth-order valence-electron chi connectivity index (χ4n) is 4.24. The number of carboxylic acid groups (broad SMARTS) is 1. The van der Waals surface area contributed by atoms with Crippen LogP contribution in [0.4, 0.5) is 0 Å². The molecule has 1 aliphatic heterocycles. The molecule has 152 valence electrons. The maximum atomic E-state index is 12.7. The zero-order valence-corrected chi connectivity index (χ0v) is 18.3. The lowest BCUT2D eigenvalue weighted by Crippen LogP contribution is -2.28. The highest BCUT2D eigenvalue weighted by Gasteiger charge is 2.59. The van der Waals surface area contributed by atoms with E-state index in [1.165, 1.54) is 13.3 Å². The molecule has 2 amide bonds. The molecule has 10 heteroatoms. The summed E-state index contributed by atoms with van der Waals surface area (Å²) in [5.74, 6) is -1.56. The summed E-state index contributed by atoms with van der Waals surface area (Å²) in [6.07, 6.45) is 6.31. The number of imide groups is 1. The van der Waals surface area contributed by atoms with E-state index in [4.69, 9.17) is 14.6 Å². The third-order valence-electron chi connectivity index (χ3n) is 5.48. The molecular weight excluding hydrogens is 512 g/mol. The van der Waals surface area contributed by atoms with Crippen molar-refractivity contribution >= 4 is 55.9 Å². The van der Waals surface area contributed by atoms with Gasteiger partial charge in [-0.1, -0.05) is 12.2 Å². The Labute approximate surface area is 182 Å². The fraction of sp³-hybridized carbons (Fsp3) is 0.368. The second kappa shape index (κ2) is 7.56. The van der Waals surface area contributed by atoms with Crippen molar-refractivity contribution in [3.05, 3.63) is 32.7 Å². The van der Waals surface area contributed by atoms with Gasteiger partial charge in [-0.25, -0.2) is 4.79 Å². The molecule has 4 atom stereocenters. The molecule has 3 aliphatic rings. The van der Waals surface area contributed by atoms with Crippen LogP contribution in [-0.4, -0.2) is 47.8 Å². The number of carbonyl (C=O) groups is 3. The second-order valence-corrected chi connectivity index (χ2v) is 8.63. The van der Waals surface area contributed by atoms with Gasteiger partial charge < -0.3 is 14.6 Å². The molecular formula is C19H16Br2N2O6. The Bertz CT molecular complexity index is 946. The number of methoxy groups -OCH3 is 1. The van der Waals surface area contributed by atoms with Crippen LogP contribution in [0.5, 0.6) is 11.5 Å². The summed E-state index contributed by atoms with van der Waals surface area (Å²) in [5, 5.41) is 13.9. The van der Waals surface area contributed by atoms with Crippen LogP contribution in [0.25, 0.3) is 0 Å². The standard InChI is InChI=1S/C19H16Br2N2O6/c1-28-11-5-10(15(20)16(21)17(11)29-7-12(24)25)6-22-23-18(26)13-8-2-3-9(4-8)14(13)19(23)27/h2-3,5-6,8-9,13-14H,4,7H2,1H3,(H,24,25)/t8-,9-,13-,14+/m0/s1. The Kier molecular flexibility index (Phi) is 5.24. The normalized spacial score (nSPS) is 27.2. The molecule has 1 saturated carbocycles. The third kappa shape index (κ3) is 3.28. The molecule has 1 N–H and O–H groups in total. The van der Waals surface area contributed by atoms with Gasteiger partial charge in [0, 0.05) is 10.0 Å². The number of carbonyl (C=O) groups excluding carboxylic acids is 2. The number of aliphatic carboxylic acids is 1. The van der Waals surface area contributed by atoms with Crippen molar-refractivity contribution in [3.63, 3.8) is 0 Å². The predicted molar refractivity (Wildman–Crippen MR) is 109 cm³/mol. The zero-order valence-electron chi connectivity index (χ0n) is 15.2. The predicted octanol–water partition coefficient (Wildman–Crippen LogP) is 2.82. The van der Waals surface area contributed by atoms with E-state index in [2.05, 4.69) is 37.0 Å². The quantitative estimate of drug-likeness (QED) is 0.346. The Morgan fingerprint density at radius 1 is 1.24 bits per heavy atom. The molecule has 2 aliphatic carbocycles. The largest absolute Gasteiger partial charge is 0.493 e. The first-order valence-corrected chi connectivity index (χ1v) is 10.4.